The summed E-state index contributed by atoms with van der Waals surface area (Å²) in [6.07, 6.45) is 6.96. The van der Waals surface area contributed by atoms with Crippen LogP contribution in [-0.4, -0.2) is 47.8 Å². The van der Waals surface area contributed by atoms with Crippen molar-refractivity contribution < 1.29 is 5.11 Å². The first-order valence-electron chi connectivity index (χ1n) is 7.72. The van der Waals surface area contributed by atoms with Crippen LogP contribution in [0.3, 0.4) is 0 Å². The van der Waals surface area contributed by atoms with Crippen LogP contribution < -0.4 is 5.32 Å². The van der Waals surface area contributed by atoms with Crippen molar-refractivity contribution in [1.82, 2.24) is 10.2 Å². The van der Waals surface area contributed by atoms with Gasteiger partial charge in [-0.3, -0.25) is 0 Å². The number of likely N-dealkylation sites (tertiary alicyclic amines) is 1. The van der Waals surface area contributed by atoms with Gasteiger partial charge in [-0.05, 0) is 39.2 Å². The van der Waals surface area contributed by atoms with Crippen LogP contribution >= 0.6 is 0 Å². The average molecular weight is 254 g/mol. The van der Waals surface area contributed by atoms with E-state index in [2.05, 4.69) is 31.1 Å². The first-order valence-corrected chi connectivity index (χ1v) is 7.72. The van der Waals surface area contributed by atoms with E-state index in [1.807, 2.05) is 0 Å². The lowest BCUT2D eigenvalue weighted by Gasteiger charge is -2.42. The highest BCUT2D eigenvalue weighted by Gasteiger charge is 2.32. The molecule has 0 aromatic rings. The maximum Gasteiger partial charge on any atom is 0.0693 e. The Labute approximate surface area is 112 Å². The van der Waals surface area contributed by atoms with E-state index in [4.69, 9.17) is 0 Å². The quantitative estimate of drug-likeness (QED) is 0.740. The van der Waals surface area contributed by atoms with E-state index in [-0.39, 0.29) is 6.10 Å². The second kappa shape index (κ2) is 6.36. The van der Waals surface area contributed by atoms with Crippen LogP contribution in [0.15, 0.2) is 0 Å². The van der Waals surface area contributed by atoms with E-state index in [0.717, 1.165) is 12.8 Å². The summed E-state index contributed by atoms with van der Waals surface area (Å²) in [4.78, 5) is 2.45. The van der Waals surface area contributed by atoms with Gasteiger partial charge >= 0.3 is 0 Å². The zero-order chi connectivity index (χ0) is 13.1. The molecule has 0 amide bonds. The zero-order valence-electron chi connectivity index (χ0n) is 12.2. The van der Waals surface area contributed by atoms with Gasteiger partial charge in [-0.2, -0.15) is 0 Å². The molecule has 2 N–H and O–H groups in total. The summed E-state index contributed by atoms with van der Waals surface area (Å²) >= 11 is 0. The van der Waals surface area contributed by atoms with Gasteiger partial charge in [0.1, 0.15) is 0 Å². The Morgan fingerprint density at radius 2 is 1.78 bits per heavy atom. The average Bonchev–Trinajstić information content (AvgIpc) is 2.52. The second-order valence-corrected chi connectivity index (χ2v) is 6.59. The Bertz CT molecular complexity index is 259. The van der Waals surface area contributed by atoms with Gasteiger partial charge in [0, 0.05) is 24.7 Å². The highest BCUT2D eigenvalue weighted by molar-refractivity contribution is 4.90. The lowest BCUT2D eigenvalue weighted by molar-refractivity contribution is 0.0758. The molecule has 1 saturated carbocycles. The Hall–Kier alpha value is -0.120. The minimum atomic E-state index is -0.130. The molecule has 2 aliphatic rings. The highest BCUT2D eigenvalue weighted by Crippen LogP contribution is 2.24. The molecule has 18 heavy (non-hydrogen) atoms. The molecular formula is C15H30N2O. The SMILES string of the molecule is CC1CN(C)C(C)CC1NC1CCCCCC1O. The van der Waals surface area contributed by atoms with Crippen LogP contribution in [0.25, 0.3) is 0 Å². The molecular weight excluding hydrogens is 224 g/mol. The third-order valence-electron chi connectivity index (χ3n) is 5.02. The van der Waals surface area contributed by atoms with Crippen molar-refractivity contribution in [3.8, 4) is 0 Å². The summed E-state index contributed by atoms with van der Waals surface area (Å²) in [6.45, 7) is 5.81. The molecule has 1 aliphatic heterocycles. The van der Waals surface area contributed by atoms with Crippen LogP contribution in [0.2, 0.25) is 0 Å². The lowest BCUT2D eigenvalue weighted by atomic mass is 9.88. The largest absolute Gasteiger partial charge is 0.392 e. The smallest absolute Gasteiger partial charge is 0.0693 e. The molecule has 0 aromatic heterocycles. The first-order chi connectivity index (χ1) is 8.58. The Morgan fingerprint density at radius 1 is 1.06 bits per heavy atom. The minimum absolute atomic E-state index is 0.130. The molecule has 0 bridgehead atoms. The van der Waals surface area contributed by atoms with E-state index in [9.17, 15) is 5.11 Å². The summed E-state index contributed by atoms with van der Waals surface area (Å²) in [5, 5.41) is 14.0. The molecule has 2 fully saturated rings. The molecule has 106 valence electrons. The van der Waals surface area contributed by atoms with Crippen molar-refractivity contribution in [2.75, 3.05) is 13.6 Å². The maximum absolute atomic E-state index is 10.2. The van der Waals surface area contributed by atoms with E-state index >= 15 is 0 Å². The van der Waals surface area contributed by atoms with Crippen LogP contribution in [0.1, 0.15) is 52.4 Å². The number of rotatable bonds is 2. The summed E-state index contributed by atoms with van der Waals surface area (Å²) in [7, 11) is 2.22. The van der Waals surface area contributed by atoms with Gasteiger partial charge in [0.25, 0.3) is 0 Å². The molecule has 1 saturated heterocycles. The molecule has 1 heterocycles. The fourth-order valence-corrected chi connectivity index (χ4v) is 3.53. The molecule has 5 unspecified atom stereocenters. The van der Waals surface area contributed by atoms with Gasteiger partial charge in [0.2, 0.25) is 0 Å². The van der Waals surface area contributed by atoms with Gasteiger partial charge in [-0.15, -0.1) is 0 Å². The summed E-state index contributed by atoms with van der Waals surface area (Å²) < 4.78 is 0. The summed E-state index contributed by atoms with van der Waals surface area (Å²) in [5.41, 5.74) is 0. The van der Waals surface area contributed by atoms with Crippen LogP contribution in [-0.2, 0) is 0 Å². The molecule has 2 rings (SSSR count). The monoisotopic (exact) mass is 254 g/mol. The van der Waals surface area contributed by atoms with Crippen LogP contribution in [0.5, 0.6) is 0 Å². The third-order valence-corrected chi connectivity index (χ3v) is 5.02. The summed E-state index contributed by atoms with van der Waals surface area (Å²) in [5.74, 6) is 0.682. The van der Waals surface area contributed by atoms with E-state index in [1.165, 1.54) is 32.2 Å². The van der Waals surface area contributed by atoms with Crippen molar-refractivity contribution in [1.29, 1.82) is 0 Å². The Morgan fingerprint density at radius 3 is 2.56 bits per heavy atom. The van der Waals surface area contributed by atoms with Gasteiger partial charge < -0.3 is 15.3 Å². The Kier molecular flexibility index (Phi) is 5.05. The van der Waals surface area contributed by atoms with E-state index in [1.54, 1.807) is 0 Å². The second-order valence-electron chi connectivity index (χ2n) is 6.59. The fraction of sp³-hybridized carbons (Fsp3) is 1.00. The van der Waals surface area contributed by atoms with Crippen LogP contribution in [0.4, 0.5) is 0 Å². The lowest BCUT2D eigenvalue weighted by Crippen LogP contribution is -2.55. The number of aliphatic hydroxyl groups excluding tert-OH is 1. The van der Waals surface area contributed by atoms with Crippen molar-refractivity contribution in [2.24, 2.45) is 5.92 Å². The van der Waals surface area contributed by atoms with Crippen molar-refractivity contribution in [3.63, 3.8) is 0 Å². The molecule has 0 spiro atoms. The number of nitrogens with one attached hydrogen (secondary N) is 1. The number of nitrogens with zero attached hydrogens (tertiary/aromatic N) is 1. The van der Waals surface area contributed by atoms with Gasteiger partial charge in [0.15, 0.2) is 0 Å². The maximum atomic E-state index is 10.2. The molecule has 3 nitrogen and oxygen atoms in total. The van der Waals surface area contributed by atoms with Crippen molar-refractivity contribution >= 4 is 0 Å². The standard InChI is InChI=1S/C15H30N2O/c1-11-10-17(3)12(2)9-14(11)16-13-7-5-4-6-8-15(13)18/h11-16,18H,4-10H2,1-3H3. The number of aliphatic hydroxyl groups is 1. The molecule has 0 radical (unpaired) electrons. The third kappa shape index (κ3) is 3.46. The molecule has 3 heteroatoms. The topological polar surface area (TPSA) is 35.5 Å². The number of piperidine rings is 1. The van der Waals surface area contributed by atoms with E-state index in [0.29, 0.717) is 24.0 Å². The van der Waals surface area contributed by atoms with Crippen LogP contribution in [0, 0.1) is 5.92 Å². The fourth-order valence-electron chi connectivity index (χ4n) is 3.53. The predicted octanol–water partition coefficient (Wildman–Crippen LogP) is 2.00. The molecule has 0 aromatic carbocycles. The normalized spacial score (nSPS) is 43.7. The number of hydrogen-bond acceptors (Lipinski definition) is 3. The molecule has 1 aliphatic carbocycles. The predicted molar refractivity (Wildman–Crippen MR) is 75.7 cm³/mol. The number of hydrogen-bond donors (Lipinski definition) is 2. The van der Waals surface area contributed by atoms with Gasteiger partial charge in [-0.25, -0.2) is 0 Å². The Balaban J connectivity index is 1.90. The minimum Gasteiger partial charge on any atom is -0.392 e. The highest BCUT2D eigenvalue weighted by atomic mass is 16.3. The van der Waals surface area contributed by atoms with Crippen molar-refractivity contribution in [2.45, 2.75) is 76.6 Å². The zero-order valence-corrected chi connectivity index (χ0v) is 12.2. The van der Waals surface area contributed by atoms with Gasteiger partial charge in [-0.1, -0.05) is 26.2 Å². The van der Waals surface area contributed by atoms with Gasteiger partial charge in [0.05, 0.1) is 6.10 Å². The van der Waals surface area contributed by atoms with E-state index < -0.39 is 0 Å². The van der Waals surface area contributed by atoms with Crippen molar-refractivity contribution in [3.05, 3.63) is 0 Å². The summed E-state index contributed by atoms with van der Waals surface area (Å²) in [6, 6.07) is 1.56. The first kappa shape index (κ1) is 14.3. The molecule has 5 atom stereocenters.